The molecule has 1 aliphatic heterocycles. The number of urea groups is 1. The van der Waals surface area contributed by atoms with Gasteiger partial charge in [-0.2, -0.15) is 5.10 Å². The van der Waals surface area contributed by atoms with Gasteiger partial charge in [0.05, 0.1) is 25.2 Å². The molecule has 15 nitrogen and oxygen atoms in total. The van der Waals surface area contributed by atoms with Gasteiger partial charge in [-0.25, -0.2) is 14.5 Å². The van der Waals surface area contributed by atoms with Gasteiger partial charge in [-0.3, -0.25) is 19.2 Å². The quantitative estimate of drug-likeness (QED) is 0.179. The van der Waals surface area contributed by atoms with E-state index in [0.29, 0.717) is 41.2 Å². The van der Waals surface area contributed by atoms with Crippen LogP contribution in [0, 0.1) is 10.8 Å². The molecule has 2 aliphatic rings. The summed E-state index contributed by atoms with van der Waals surface area (Å²) in [7, 11) is 1.57. The van der Waals surface area contributed by atoms with Gasteiger partial charge >= 0.3 is 6.03 Å². The predicted octanol–water partition coefficient (Wildman–Crippen LogP) is 3.67. The van der Waals surface area contributed by atoms with Gasteiger partial charge in [-0.1, -0.05) is 54.9 Å². The highest BCUT2D eigenvalue weighted by molar-refractivity contribution is 6.38. The molecule has 5 amide bonds. The molecule has 1 saturated carbocycles. The first-order valence-electron chi connectivity index (χ1n) is 18.6. The number of benzene rings is 1. The molecule has 5 rings (SSSR count). The number of pyridine rings is 1. The molecule has 3 aromatic rings. The van der Waals surface area contributed by atoms with Crippen molar-refractivity contribution >= 4 is 40.4 Å². The summed E-state index contributed by atoms with van der Waals surface area (Å²) >= 11 is 0. The third kappa shape index (κ3) is 10.1. The molecule has 1 aromatic carbocycles. The van der Waals surface area contributed by atoms with Gasteiger partial charge in [0.1, 0.15) is 29.7 Å². The number of methoxy groups -OCH3 is 1. The zero-order valence-electron chi connectivity index (χ0n) is 32.5. The summed E-state index contributed by atoms with van der Waals surface area (Å²) in [5.74, 6) is -0.992. The van der Waals surface area contributed by atoms with Crippen molar-refractivity contribution in [1.29, 1.82) is 0 Å². The molecule has 0 spiro atoms. The smallest absolute Gasteiger partial charge is 0.315 e. The maximum absolute atomic E-state index is 14.6. The summed E-state index contributed by atoms with van der Waals surface area (Å²) in [6, 6.07) is 5.21. The van der Waals surface area contributed by atoms with Crippen molar-refractivity contribution in [2.75, 3.05) is 20.2 Å². The van der Waals surface area contributed by atoms with E-state index in [2.05, 4.69) is 26.4 Å². The molecule has 15 heteroatoms. The number of hydrogen-bond acceptors (Lipinski definition) is 9. The van der Waals surface area contributed by atoms with Gasteiger partial charge in [-0.15, -0.1) is 0 Å². The highest BCUT2D eigenvalue weighted by Crippen LogP contribution is 2.34. The summed E-state index contributed by atoms with van der Waals surface area (Å²) in [5, 5.41) is 16.2. The Bertz CT molecular complexity index is 1850. The number of aromatic nitrogens is 3. The van der Waals surface area contributed by atoms with Crippen molar-refractivity contribution < 1.29 is 33.4 Å². The Hall–Kier alpha value is -5.21. The highest BCUT2D eigenvalue weighted by Gasteiger charge is 2.46. The van der Waals surface area contributed by atoms with Crippen molar-refractivity contribution in [3.63, 3.8) is 0 Å². The normalized spacial score (nSPS) is 18.4. The Balaban J connectivity index is 1.47. The second-order valence-corrected chi connectivity index (χ2v) is 16.4. The van der Waals surface area contributed by atoms with Gasteiger partial charge in [-0.05, 0) is 48.3 Å². The van der Waals surface area contributed by atoms with E-state index in [9.17, 15) is 24.0 Å². The Kier molecular flexibility index (Phi) is 12.2. The van der Waals surface area contributed by atoms with Crippen LogP contribution in [0.1, 0.15) is 80.6 Å². The van der Waals surface area contributed by atoms with E-state index >= 15 is 0 Å². The minimum absolute atomic E-state index is 0.000418. The number of ketones is 1. The van der Waals surface area contributed by atoms with E-state index in [4.69, 9.17) is 14.5 Å². The molecule has 292 valence electrons. The van der Waals surface area contributed by atoms with Crippen LogP contribution in [-0.2, 0) is 19.2 Å². The predicted molar refractivity (Wildman–Crippen MR) is 202 cm³/mol. The number of Topliss-reactive ketones (excluding diaryl/α,β-unsaturated/α-hetero) is 1. The van der Waals surface area contributed by atoms with Gasteiger partial charge in [0, 0.05) is 48.9 Å². The SMILES string of the molecule is CCC[C@H](NC(=O)C1C[C@@H](Oc2cc(-n3cccn3)nc3cc(OC)ccc23)CN1C(=O)[C@@H](NC(=O)NCC(C)(C)C)C(C)(C)C)C(=O)C(=O)NC1CC1. The molecular formula is C39H54N8O7. The third-order valence-electron chi connectivity index (χ3n) is 9.36. The van der Waals surface area contributed by atoms with Gasteiger partial charge in [0.15, 0.2) is 5.82 Å². The number of nitrogens with zero attached hydrogens (tertiary/aromatic N) is 4. The van der Waals surface area contributed by atoms with Crippen molar-refractivity contribution in [2.24, 2.45) is 10.8 Å². The molecule has 4 N–H and O–H groups in total. The zero-order chi connectivity index (χ0) is 39.4. The number of rotatable bonds is 14. The number of carbonyl (C=O) groups is 5. The molecule has 0 bridgehead atoms. The lowest BCUT2D eigenvalue weighted by molar-refractivity contribution is -0.144. The number of nitrogens with one attached hydrogen (secondary N) is 4. The average molecular weight is 747 g/mol. The maximum Gasteiger partial charge on any atom is 0.315 e. The second-order valence-electron chi connectivity index (χ2n) is 16.4. The summed E-state index contributed by atoms with van der Waals surface area (Å²) in [5.41, 5.74) is -0.360. The molecule has 1 unspecified atom stereocenters. The van der Waals surface area contributed by atoms with Crippen LogP contribution >= 0.6 is 0 Å². The summed E-state index contributed by atoms with van der Waals surface area (Å²) in [4.78, 5) is 74.1. The van der Waals surface area contributed by atoms with Gasteiger partial charge in [0.25, 0.3) is 5.91 Å². The van der Waals surface area contributed by atoms with E-state index < -0.39 is 59.2 Å². The molecule has 2 fully saturated rings. The number of likely N-dealkylation sites (tertiary alicyclic amines) is 1. The second kappa shape index (κ2) is 16.4. The van der Waals surface area contributed by atoms with Crippen LogP contribution in [0.5, 0.6) is 11.5 Å². The van der Waals surface area contributed by atoms with E-state index in [0.717, 1.165) is 12.8 Å². The Labute approximate surface area is 316 Å². The monoisotopic (exact) mass is 746 g/mol. The van der Waals surface area contributed by atoms with Gasteiger partial charge in [0.2, 0.25) is 17.6 Å². The van der Waals surface area contributed by atoms with Crippen LogP contribution in [-0.4, -0.2) is 99.7 Å². The first-order valence-corrected chi connectivity index (χ1v) is 18.6. The first-order chi connectivity index (χ1) is 25.5. The Morgan fingerprint density at radius 3 is 2.37 bits per heavy atom. The lowest BCUT2D eigenvalue weighted by Crippen LogP contribution is -2.60. The number of ether oxygens (including phenoxy) is 2. The van der Waals surface area contributed by atoms with Crippen LogP contribution in [0.15, 0.2) is 42.7 Å². The zero-order valence-corrected chi connectivity index (χ0v) is 32.5. The minimum Gasteiger partial charge on any atom is -0.497 e. The minimum atomic E-state index is -1.08. The van der Waals surface area contributed by atoms with E-state index in [1.54, 1.807) is 48.5 Å². The summed E-state index contributed by atoms with van der Waals surface area (Å²) in [6.45, 7) is 13.7. The lowest BCUT2D eigenvalue weighted by atomic mass is 9.85. The van der Waals surface area contributed by atoms with E-state index in [1.807, 2.05) is 54.5 Å². The molecule has 1 aliphatic carbocycles. The largest absolute Gasteiger partial charge is 0.497 e. The van der Waals surface area contributed by atoms with E-state index in [1.165, 1.54) is 4.90 Å². The number of fused-ring (bicyclic) bond motifs is 1. The number of hydrogen-bond donors (Lipinski definition) is 4. The van der Waals surface area contributed by atoms with E-state index in [-0.39, 0.29) is 30.8 Å². The van der Waals surface area contributed by atoms with Crippen molar-refractivity contribution in [1.82, 2.24) is 40.9 Å². The van der Waals surface area contributed by atoms with Crippen molar-refractivity contribution in [2.45, 2.75) is 111 Å². The average Bonchev–Trinajstić information content (AvgIpc) is 3.55. The molecule has 54 heavy (non-hydrogen) atoms. The van der Waals surface area contributed by atoms with Crippen LogP contribution in [0.4, 0.5) is 4.79 Å². The standard InChI is InChI=1S/C39H54N8O7/c1-9-11-27(32(48)35(50)42-23-12-13-23)44-34(49)29-19-25(21-46(29)36(51)33(39(5,6)7)45-37(52)40-22-38(2,3)4)54-30-20-31(47-17-10-16-41-47)43-28-18-24(53-8)14-15-26(28)30/h10,14-18,20,23,25,27,29,33H,9,11-13,19,21-22H2,1-8H3,(H,42,50)(H,44,49)(H2,40,45,52)/t25-,27+,29?,33-/m1/s1. The number of amides is 5. The summed E-state index contributed by atoms with van der Waals surface area (Å²) < 4.78 is 13.7. The maximum atomic E-state index is 14.6. The van der Waals surface area contributed by atoms with Gasteiger partial charge < -0.3 is 35.6 Å². The molecule has 1 saturated heterocycles. The van der Waals surface area contributed by atoms with Crippen molar-refractivity contribution in [3.8, 4) is 17.3 Å². The highest BCUT2D eigenvalue weighted by atomic mass is 16.5. The van der Waals surface area contributed by atoms with Crippen LogP contribution in [0.3, 0.4) is 0 Å². The fourth-order valence-electron chi connectivity index (χ4n) is 6.27. The Morgan fingerprint density at radius 2 is 1.76 bits per heavy atom. The first kappa shape index (κ1) is 40.0. The molecular weight excluding hydrogens is 692 g/mol. The van der Waals surface area contributed by atoms with Crippen LogP contribution in [0.2, 0.25) is 0 Å². The van der Waals surface area contributed by atoms with Crippen LogP contribution < -0.4 is 30.7 Å². The topological polar surface area (TPSA) is 186 Å². The molecule has 3 heterocycles. The third-order valence-corrected chi connectivity index (χ3v) is 9.36. The molecule has 2 aromatic heterocycles. The molecule has 4 atom stereocenters. The molecule has 0 radical (unpaired) electrons. The van der Waals surface area contributed by atoms with Crippen molar-refractivity contribution in [3.05, 3.63) is 42.7 Å². The fraction of sp³-hybridized carbons (Fsp3) is 0.564. The summed E-state index contributed by atoms with van der Waals surface area (Å²) in [6.07, 6.45) is 5.18. The number of carbonyl (C=O) groups excluding carboxylic acids is 5. The van der Waals surface area contributed by atoms with Crippen LogP contribution in [0.25, 0.3) is 16.7 Å². The lowest BCUT2D eigenvalue weighted by Gasteiger charge is -2.35. The Morgan fingerprint density at radius 1 is 1.02 bits per heavy atom. The fourth-order valence-corrected chi connectivity index (χ4v) is 6.27.